The maximum atomic E-state index is 12.2. The molecule has 2 rings (SSSR count). The second-order valence-corrected chi connectivity index (χ2v) is 3.47. The number of hydrogen-bond donors (Lipinski definition) is 0. The number of hydrogen-bond acceptors (Lipinski definition) is 5. The highest BCUT2D eigenvalue weighted by Gasteiger charge is 2.17. The number of benzene rings is 1. The molecule has 1 aromatic heterocycles. The second-order valence-electron chi connectivity index (χ2n) is 3.47. The van der Waals surface area contributed by atoms with Crippen LogP contribution in [-0.2, 0) is 0 Å². The van der Waals surface area contributed by atoms with Gasteiger partial charge in [-0.3, -0.25) is 4.79 Å². The van der Waals surface area contributed by atoms with E-state index in [0.29, 0.717) is 17.1 Å². The molecule has 0 unspecified atom stereocenters. The Kier molecular flexibility index (Phi) is 3.52. The molecule has 0 saturated heterocycles. The van der Waals surface area contributed by atoms with E-state index < -0.39 is 0 Å². The normalized spacial score (nSPS) is 9.89. The number of aromatic nitrogens is 2. The van der Waals surface area contributed by atoms with Crippen LogP contribution in [0.3, 0.4) is 0 Å². The lowest BCUT2D eigenvalue weighted by atomic mass is 10.1. The van der Waals surface area contributed by atoms with Gasteiger partial charge in [0.1, 0.15) is 11.5 Å². The second kappa shape index (κ2) is 5.27. The van der Waals surface area contributed by atoms with Crippen molar-refractivity contribution in [3.05, 3.63) is 48.0 Å². The molecule has 92 valence electrons. The van der Waals surface area contributed by atoms with E-state index in [1.54, 1.807) is 31.4 Å². The fourth-order valence-electron chi connectivity index (χ4n) is 1.52. The van der Waals surface area contributed by atoms with Gasteiger partial charge in [-0.15, -0.1) is 0 Å². The molecule has 0 fully saturated rings. The fraction of sp³-hybridized carbons (Fsp3) is 0.154. The third-order valence-corrected chi connectivity index (χ3v) is 2.42. The summed E-state index contributed by atoms with van der Waals surface area (Å²) in [5, 5.41) is 0. The van der Waals surface area contributed by atoms with Crippen LogP contribution in [0, 0.1) is 0 Å². The minimum Gasteiger partial charge on any atom is -0.497 e. The molecule has 18 heavy (non-hydrogen) atoms. The Morgan fingerprint density at radius 1 is 1.11 bits per heavy atom. The Balaban J connectivity index is 2.42. The summed E-state index contributed by atoms with van der Waals surface area (Å²) in [5.41, 5.74) is 0.407. The molecule has 5 heteroatoms. The van der Waals surface area contributed by atoms with Crippen molar-refractivity contribution in [3.63, 3.8) is 0 Å². The largest absolute Gasteiger partial charge is 0.497 e. The first-order valence-electron chi connectivity index (χ1n) is 5.30. The van der Waals surface area contributed by atoms with E-state index >= 15 is 0 Å². The highest BCUT2D eigenvalue weighted by molar-refractivity contribution is 6.08. The van der Waals surface area contributed by atoms with Gasteiger partial charge in [0.15, 0.2) is 0 Å². The molecule has 1 heterocycles. The van der Waals surface area contributed by atoms with Crippen LogP contribution in [0.4, 0.5) is 0 Å². The third kappa shape index (κ3) is 2.29. The minimum atomic E-state index is -0.282. The summed E-state index contributed by atoms with van der Waals surface area (Å²) in [6.07, 6.45) is 3.05. The first-order valence-corrected chi connectivity index (χ1v) is 5.30. The highest BCUT2D eigenvalue weighted by atomic mass is 16.5. The number of methoxy groups -OCH3 is 2. The molecule has 1 aromatic carbocycles. The first kappa shape index (κ1) is 12.0. The lowest BCUT2D eigenvalue weighted by molar-refractivity contribution is 0.102. The van der Waals surface area contributed by atoms with Gasteiger partial charge in [0, 0.05) is 18.5 Å². The Morgan fingerprint density at radius 2 is 1.83 bits per heavy atom. The van der Waals surface area contributed by atoms with Crippen LogP contribution in [0.25, 0.3) is 0 Å². The van der Waals surface area contributed by atoms with Gasteiger partial charge in [-0.1, -0.05) is 0 Å². The molecule has 0 aliphatic heterocycles. The van der Waals surface area contributed by atoms with E-state index in [0.717, 1.165) is 0 Å². The summed E-state index contributed by atoms with van der Waals surface area (Å²) in [6.45, 7) is 0. The molecular formula is C13H12N2O3. The van der Waals surface area contributed by atoms with Gasteiger partial charge in [0.2, 0.25) is 11.6 Å². The van der Waals surface area contributed by atoms with E-state index in [1.807, 2.05) is 0 Å². The van der Waals surface area contributed by atoms with Crippen molar-refractivity contribution in [1.29, 1.82) is 0 Å². The molecule has 5 nitrogen and oxygen atoms in total. The number of ketones is 1. The summed E-state index contributed by atoms with van der Waals surface area (Å²) < 4.78 is 10.2. The summed E-state index contributed by atoms with van der Waals surface area (Å²) in [5.74, 6) is 0.917. The van der Waals surface area contributed by atoms with Crippen molar-refractivity contribution < 1.29 is 14.3 Å². The SMILES string of the molecule is COc1ccc(C(=O)c2ncccn2)c(OC)c1. The Hall–Kier alpha value is -2.43. The van der Waals surface area contributed by atoms with Gasteiger partial charge in [0.05, 0.1) is 19.8 Å². The quantitative estimate of drug-likeness (QED) is 0.766. The van der Waals surface area contributed by atoms with Crippen molar-refractivity contribution in [1.82, 2.24) is 9.97 Å². The third-order valence-electron chi connectivity index (χ3n) is 2.42. The molecule has 0 N–H and O–H groups in total. The predicted octanol–water partition coefficient (Wildman–Crippen LogP) is 1.72. The lowest BCUT2D eigenvalue weighted by Crippen LogP contribution is -2.08. The number of carbonyl (C=O) groups is 1. The van der Waals surface area contributed by atoms with E-state index in [2.05, 4.69) is 9.97 Å². The van der Waals surface area contributed by atoms with Crippen LogP contribution in [0.15, 0.2) is 36.7 Å². The summed E-state index contributed by atoms with van der Waals surface area (Å²) in [4.78, 5) is 20.0. The molecular weight excluding hydrogens is 232 g/mol. The lowest BCUT2D eigenvalue weighted by Gasteiger charge is -2.08. The molecule has 0 bridgehead atoms. The zero-order valence-corrected chi connectivity index (χ0v) is 10.1. The average molecular weight is 244 g/mol. The van der Waals surface area contributed by atoms with Gasteiger partial charge in [-0.05, 0) is 18.2 Å². The summed E-state index contributed by atoms with van der Waals surface area (Å²) in [7, 11) is 3.05. The number of carbonyl (C=O) groups excluding carboxylic acids is 1. The van der Waals surface area contributed by atoms with Crippen LogP contribution < -0.4 is 9.47 Å². The van der Waals surface area contributed by atoms with Crippen LogP contribution in [0.2, 0.25) is 0 Å². The van der Waals surface area contributed by atoms with Crippen molar-refractivity contribution in [2.75, 3.05) is 14.2 Å². The molecule has 0 saturated carbocycles. The van der Waals surface area contributed by atoms with E-state index in [-0.39, 0.29) is 11.6 Å². The van der Waals surface area contributed by atoms with E-state index in [1.165, 1.54) is 19.5 Å². The van der Waals surface area contributed by atoms with Crippen molar-refractivity contribution in [3.8, 4) is 11.5 Å². The van der Waals surface area contributed by atoms with Crippen molar-refractivity contribution >= 4 is 5.78 Å². The van der Waals surface area contributed by atoms with E-state index in [4.69, 9.17) is 9.47 Å². The Morgan fingerprint density at radius 3 is 2.44 bits per heavy atom. The van der Waals surface area contributed by atoms with Crippen molar-refractivity contribution in [2.45, 2.75) is 0 Å². The zero-order valence-electron chi connectivity index (χ0n) is 10.1. The maximum Gasteiger partial charge on any atom is 0.233 e. The van der Waals surface area contributed by atoms with Gasteiger partial charge in [-0.2, -0.15) is 0 Å². The first-order chi connectivity index (χ1) is 8.76. The molecule has 0 spiro atoms. The molecule has 0 radical (unpaired) electrons. The topological polar surface area (TPSA) is 61.3 Å². The van der Waals surface area contributed by atoms with Crippen LogP contribution in [-0.4, -0.2) is 30.0 Å². The molecule has 0 aliphatic carbocycles. The van der Waals surface area contributed by atoms with Gasteiger partial charge in [-0.25, -0.2) is 9.97 Å². The van der Waals surface area contributed by atoms with Crippen LogP contribution in [0.5, 0.6) is 11.5 Å². The predicted molar refractivity (Wildman–Crippen MR) is 65.0 cm³/mol. The fourth-order valence-corrected chi connectivity index (χ4v) is 1.52. The maximum absolute atomic E-state index is 12.2. The molecule has 2 aromatic rings. The monoisotopic (exact) mass is 244 g/mol. The molecule has 0 aliphatic rings. The standard InChI is InChI=1S/C13H12N2O3/c1-17-9-4-5-10(11(8-9)18-2)12(16)13-14-6-3-7-15-13/h3-8H,1-2H3. The average Bonchev–Trinajstić information content (AvgIpc) is 2.46. The van der Waals surface area contributed by atoms with Crippen LogP contribution >= 0.6 is 0 Å². The smallest absolute Gasteiger partial charge is 0.233 e. The zero-order chi connectivity index (χ0) is 13.0. The van der Waals surface area contributed by atoms with Crippen molar-refractivity contribution in [2.24, 2.45) is 0 Å². The van der Waals surface area contributed by atoms with Crippen LogP contribution in [0.1, 0.15) is 16.2 Å². The summed E-state index contributed by atoms with van der Waals surface area (Å²) >= 11 is 0. The summed E-state index contributed by atoms with van der Waals surface area (Å²) in [6, 6.07) is 6.63. The number of rotatable bonds is 4. The highest BCUT2D eigenvalue weighted by Crippen LogP contribution is 2.25. The Labute approximate surface area is 104 Å². The van der Waals surface area contributed by atoms with Gasteiger partial charge >= 0.3 is 0 Å². The van der Waals surface area contributed by atoms with Gasteiger partial charge in [0.25, 0.3) is 0 Å². The number of nitrogens with zero attached hydrogens (tertiary/aromatic N) is 2. The van der Waals surface area contributed by atoms with E-state index in [9.17, 15) is 4.79 Å². The molecule has 0 amide bonds. The Bertz CT molecular complexity index is 555. The minimum absolute atomic E-state index is 0.140. The van der Waals surface area contributed by atoms with Gasteiger partial charge < -0.3 is 9.47 Å². The molecule has 0 atom stereocenters. The number of ether oxygens (including phenoxy) is 2.